The van der Waals surface area contributed by atoms with Gasteiger partial charge in [0, 0.05) is 43.0 Å². The molecule has 1 aliphatic heterocycles. The summed E-state index contributed by atoms with van der Waals surface area (Å²) in [5.74, 6) is 0.706. The SMILES string of the molecule is Cc1ccc(Cl)cc1NC(=O)CSc1cc(N2CCN(c3ccccc3F)CC2)ncn1. The summed E-state index contributed by atoms with van der Waals surface area (Å²) in [4.78, 5) is 25.2. The van der Waals surface area contributed by atoms with Crippen molar-refractivity contribution in [1.82, 2.24) is 9.97 Å². The second-order valence-corrected chi connectivity index (χ2v) is 8.87. The van der Waals surface area contributed by atoms with E-state index in [1.165, 1.54) is 24.2 Å². The first-order chi connectivity index (χ1) is 15.5. The van der Waals surface area contributed by atoms with Crippen LogP contribution in [-0.4, -0.2) is 47.8 Å². The van der Waals surface area contributed by atoms with Gasteiger partial charge in [-0.15, -0.1) is 0 Å². The van der Waals surface area contributed by atoms with Crippen LogP contribution in [0.25, 0.3) is 0 Å². The zero-order chi connectivity index (χ0) is 22.5. The maximum Gasteiger partial charge on any atom is 0.234 e. The lowest BCUT2D eigenvalue weighted by atomic mass is 10.2. The minimum absolute atomic E-state index is 0.126. The van der Waals surface area contributed by atoms with Gasteiger partial charge in [0.05, 0.1) is 11.4 Å². The zero-order valence-electron chi connectivity index (χ0n) is 17.6. The van der Waals surface area contributed by atoms with Crippen LogP contribution in [0.15, 0.2) is 59.9 Å². The Hall–Kier alpha value is -2.84. The molecule has 0 atom stereocenters. The Morgan fingerprint density at radius 2 is 1.84 bits per heavy atom. The van der Waals surface area contributed by atoms with Gasteiger partial charge in [0.2, 0.25) is 5.91 Å². The number of nitrogens with zero attached hydrogens (tertiary/aromatic N) is 4. The number of hydrogen-bond donors (Lipinski definition) is 1. The van der Waals surface area contributed by atoms with Gasteiger partial charge < -0.3 is 15.1 Å². The van der Waals surface area contributed by atoms with Crippen LogP contribution in [0.2, 0.25) is 5.02 Å². The second kappa shape index (κ2) is 10.2. The third-order valence-electron chi connectivity index (χ3n) is 5.25. The van der Waals surface area contributed by atoms with Crippen LogP contribution in [0.1, 0.15) is 5.56 Å². The molecule has 0 radical (unpaired) electrons. The first-order valence-corrected chi connectivity index (χ1v) is 11.6. The number of carbonyl (C=O) groups excluding carboxylic acids is 1. The molecule has 1 fully saturated rings. The number of carbonyl (C=O) groups is 1. The van der Waals surface area contributed by atoms with Gasteiger partial charge in [0.25, 0.3) is 0 Å². The predicted octanol–water partition coefficient (Wildman–Crippen LogP) is 4.63. The fourth-order valence-corrected chi connectivity index (χ4v) is 4.35. The van der Waals surface area contributed by atoms with Gasteiger partial charge in [0.15, 0.2) is 0 Å². The van der Waals surface area contributed by atoms with Gasteiger partial charge in [-0.1, -0.05) is 41.6 Å². The number of aromatic nitrogens is 2. The molecule has 4 rings (SSSR count). The molecule has 32 heavy (non-hydrogen) atoms. The predicted molar refractivity (Wildman–Crippen MR) is 128 cm³/mol. The van der Waals surface area contributed by atoms with Crippen molar-refractivity contribution in [3.05, 3.63) is 71.3 Å². The highest BCUT2D eigenvalue weighted by Gasteiger charge is 2.20. The van der Waals surface area contributed by atoms with Crippen molar-refractivity contribution in [2.75, 3.05) is 47.0 Å². The average molecular weight is 472 g/mol. The van der Waals surface area contributed by atoms with Crippen molar-refractivity contribution >= 4 is 46.5 Å². The molecule has 6 nitrogen and oxygen atoms in total. The third-order valence-corrected chi connectivity index (χ3v) is 6.41. The highest BCUT2D eigenvalue weighted by Crippen LogP contribution is 2.25. The van der Waals surface area contributed by atoms with Crippen molar-refractivity contribution in [1.29, 1.82) is 0 Å². The Balaban J connectivity index is 1.32. The molecule has 0 aliphatic carbocycles. The lowest BCUT2D eigenvalue weighted by molar-refractivity contribution is -0.113. The van der Waals surface area contributed by atoms with Crippen LogP contribution < -0.4 is 15.1 Å². The fourth-order valence-electron chi connectivity index (χ4n) is 3.52. The zero-order valence-corrected chi connectivity index (χ0v) is 19.2. The largest absolute Gasteiger partial charge is 0.366 e. The van der Waals surface area contributed by atoms with Crippen LogP contribution in [0.5, 0.6) is 0 Å². The Kier molecular flexibility index (Phi) is 7.12. The van der Waals surface area contributed by atoms with E-state index in [9.17, 15) is 9.18 Å². The maximum absolute atomic E-state index is 14.1. The van der Waals surface area contributed by atoms with E-state index in [-0.39, 0.29) is 17.5 Å². The van der Waals surface area contributed by atoms with Crippen LogP contribution in [0, 0.1) is 12.7 Å². The second-order valence-electron chi connectivity index (χ2n) is 7.44. The van der Waals surface area contributed by atoms with E-state index in [0.717, 1.165) is 29.5 Å². The number of hydrogen-bond acceptors (Lipinski definition) is 6. The minimum Gasteiger partial charge on any atom is -0.366 e. The smallest absolute Gasteiger partial charge is 0.234 e. The number of halogens is 2. The van der Waals surface area contributed by atoms with Crippen LogP contribution in [-0.2, 0) is 4.79 Å². The Labute approximate surface area is 195 Å². The van der Waals surface area contributed by atoms with E-state index >= 15 is 0 Å². The molecule has 1 aromatic heterocycles. The first-order valence-electron chi connectivity index (χ1n) is 10.2. The fraction of sp³-hybridized carbons (Fsp3) is 0.261. The summed E-state index contributed by atoms with van der Waals surface area (Å²) in [7, 11) is 0. The molecule has 0 bridgehead atoms. The van der Waals surface area contributed by atoms with Gasteiger partial charge in [0.1, 0.15) is 23.0 Å². The molecule has 0 unspecified atom stereocenters. The quantitative estimate of drug-likeness (QED) is 0.417. The molecular weight excluding hydrogens is 449 g/mol. The summed E-state index contributed by atoms with van der Waals surface area (Å²) >= 11 is 7.37. The molecule has 166 valence electrons. The van der Waals surface area contributed by atoms with Gasteiger partial charge in [-0.2, -0.15) is 0 Å². The number of benzene rings is 2. The first kappa shape index (κ1) is 22.4. The molecular formula is C23H23ClFN5OS. The molecule has 1 aliphatic rings. The number of anilines is 3. The van der Waals surface area contributed by atoms with Gasteiger partial charge in [-0.25, -0.2) is 14.4 Å². The maximum atomic E-state index is 14.1. The molecule has 1 saturated heterocycles. The average Bonchev–Trinajstić information content (AvgIpc) is 2.81. The minimum atomic E-state index is -0.201. The lowest BCUT2D eigenvalue weighted by Gasteiger charge is -2.36. The summed E-state index contributed by atoms with van der Waals surface area (Å²) in [6.45, 7) is 4.78. The standard InChI is InChI=1S/C23H23ClFN5OS/c1-16-6-7-17(24)12-19(16)28-22(31)14-32-23-13-21(26-15-27-23)30-10-8-29(9-11-30)20-5-3-2-4-18(20)25/h2-7,12-13,15H,8-11,14H2,1H3,(H,28,31). The van der Waals surface area contributed by atoms with Crippen molar-refractivity contribution < 1.29 is 9.18 Å². The Morgan fingerprint density at radius 3 is 2.62 bits per heavy atom. The molecule has 1 amide bonds. The van der Waals surface area contributed by atoms with Crippen LogP contribution in [0.4, 0.5) is 21.6 Å². The number of aryl methyl sites for hydroxylation is 1. The van der Waals surface area contributed by atoms with Crippen molar-refractivity contribution in [2.24, 2.45) is 0 Å². The highest BCUT2D eigenvalue weighted by atomic mass is 35.5. The summed E-state index contributed by atoms with van der Waals surface area (Å²) in [5.41, 5.74) is 2.29. The van der Waals surface area contributed by atoms with E-state index in [1.54, 1.807) is 24.3 Å². The monoisotopic (exact) mass is 471 g/mol. The van der Waals surface area contributed by atoms with Crippen LogP contribution in [0.3, 0.4) is 0 Å². The summed E-state index contributed by atoms with van der Waals surface area (Å²) in [6, 6.07) is 14.1. The topological polar surface area (TPSA) is 61.4 Å². The third kappa shape index (κ3) is 5.49. The molecule has 1 N–H and O–H groups in total. The number of para-hydroxylation sites is 1. The number of nitrogens with one attached hydrogen (secondary N) is 1. The summed E-state index contributed by atoms with van der Waals surface area (Å²) < 4.78 is 14.1. The number of amides is 1. The van der Waals surface area contributed by atoms with Crippen molar-refractivity contribution in [3.8, 4) is 0 Å². The van der Waals surface area contributed by atoms with E-state index in [0.29, 0.717) is 29.5 Å². The molecule has 2 aromatic carbocycles. The Bertz CT molecular complexity index is 1110. The van der Waals surface area contributed by atoms with E-state index in [1.807, 2.05) is 30.0 Å². The Morgan fingerprint density at radius 1 is 1.09 bits per heavy atom. The van der Waals surface area contributed by atoms with Crippen molar-refractivity contribution in [3.63, 3.8) is 0 Å². The molecule has 3 aromatic rings. The number of thioether (sulfide) groups is 1. The van der Waals surface area contributed by atoms with E-state index in [2.05, 4.69) is 20.2 Å². The normalized spacial score (nSPS) is 13.8. The van der Waals surface area contributed by atoms with Gasteiger partial charge in [-0.3, -0.25) is 4.79 Å². The summed E-state index contributed by atoms with van der Waals surface area (Å²) in [5, 5.41) is 4.19. The van der Waals surface area contributed by atoms with E-state index in [4.69, 9.17) is 11.6 Å². The molecule has 9 heteroatoms. The van der Waals surface area contributed by atoms with Gasteiger partial charge >= 0.3 is 0 Å². The summed E-state index contributed by atoms with van der Waals surface area (Å²) in [6.07, 6.45) is 1.51. The lowest BCUT2D eigenvalue weighted by Crippen LogP contribution is -2.47. The van der Waals surface area contributed by atoms with Crippen LogP contribution >= 0.6 is 23.4 Å². The number of rotatable bonds is 6. The highest BCUT2D eigenvalue weighted by molar-refractivity contribution is 7.99. The van der Waals surface area contributed by atoms with Gasteiger partial charge in [-0.05, 0) is 36.8 Å². The van der Waals surface area contributed by atoms with Crippen molar-refractivity contribution in [2.45, 2.75) is 11.9 Å². The molecule has 2 heterocycles. The molecule has 0 saturated carbocycles. The van der Waals surface area contributed by atoms with E-state index < -0.39 is 0 Å². The number of piperazine rings is 1. The molecule has 0 spiro atoms.